The van der Waals surface area contributed by atoms with Crippen molar-refractivity contribution in [2.24, 2.45) is 0 Å². The van der Waals surface area contributed by atoms with Crippen LogP contribution in [0.4, 0.5) is 5.95 Å². The van der Waals surface area contributed by atoms with Gasteiger partial charge in [0, 0.05) is 19.0 Å². The number of benzene rings is 1. The number of carbonyl (C=O) groups is 2. The molecule has 4 rings (SSSR count). The first-order valence-electron chi connectivity index (χ1n) is 9.04. The standard InChI is InChI=1S/C18H22N6O3/c19-18-21-16(22-23-18)12-6-8-24(9-7-12)17(26)15-14(20-13(25)10-27-15)11-4-2-1-3-5-11/h1-5,12,14-15H,6-10H2,(H,20,25)(H3,19,21,22,23). The predicted octanol–water partition coefficient (Wildman–Crippen LogP) is 0.349. The number of nitrogen functional groups attached to an aromatic ring is 1. The Bertz CT molecular complexity index is 816. The second-order valence-corrected chi connectivity index (χ2v) is 6.87. The summed E-state index contributed by atoms with van der Waals surface area (Å²) in [4.78, 5) is 30.9. The van der Waals surface area contributed by atoms with Crippen molar-refractivity contribution in [1.82, 2.24) is 25.4 Å². The number of nitrogens with two attached hydrogens (primary N) is 1. The molecule has 142 valence electrons. The molecule has 2 unspecified atom stereocenters. The maximum absolute atomic E-state index is 13.1. The molecule has 2 saturated heterocycles. The monoisotopic (exact) mass is 370 g/mol. The summed E-state index contributed by atoms with van der Waals surface area (Å²) in [5.74, 6) is 0.896. The molecule has 3 heterocycles. The van der Waals surface area contributed by atoms with Crippen LogP contribution in [0.3, 0.4) is 0 Å². The fourth-order valence-corrected chi connectivity index (χ4v) is 3.71. The van der Waals surface area contributed by atoms with Gasteiger partial charge in [-0.1, -0.05) is 30.3 Å². The summed E-state index contributed by atoms with van der Waals surface area (Å²) in [5, 5.41) is 9.62. The number of likely N-dealkylation sites (tertiary alicyclic amines) is 1. The lowest BCUT2D eigenvalue weighted by Gasteiger charge is -2.37. The third-order valence-electron chi connectivity index (χ3n) is 5.13. The van der Waals surface area contributed by atoms with Crippen molar-refractivity contribution in [2.45, 2.75) is 30.9 Å². The van der Waals surface area contributed by atoms with Crippen LogP contribution in [0.2, 0.25) is 0 Å². The summed E-state index contributed by atoms with van der Waals surface area (Å²) in [6.07, 6.45) is 0.827. The fourth-order valence-electron chi connectivity index (χ4n) is 3.71. The molecule has 9 nitrogen and oxygen atoms in total. The van der Waals surface area contributed by atoms with Gasteiger partial charge in [0.15, 0.2) is 6.10 Å². The van der Waals surface area contributed by atoms with Gasteiger partial charge >= 0.3 is 0 Å². The Balaban J connectivity index is 1.44. The highest BCUT2D eigenvalue weighted by Gasteiger charge is 2.39. The third kappa shape index (κ3) is 3.63. The zero-order valence-corrected chi connectivity index (χ0v) is 14.8. The zero-order chi connectivity index (χ0) is 18.8. The maximum atomic E-state index is 13.1. The number of nitrogens with zero attached hydrogens (tertiary/aromatic N) is 3. The van der Waals surface area contributed by atoms with Crippen LogP contribution in [0.1, 0.15) is 36.2 Å². The van der Waals surface area contributed by atoms with E-state index in [4.69, 9.17) is 10.5 Å². The van der Waals surface area contributed by atoms with Crippen molar-refractivity contribution < 1.29 is 14.3 Å². The normalized spacial score (nSPS) is 23.9. The lowest BCUT2D eigenvalue weighted by atomic mass is 9.94. The fraction of sp³-hybridized carbons (Fsp3) is 0.444. The summed E-state index contributed by atoms with van der Waals surface area (Å²) in [7, 11) is 0. The van der Waals surface area contributed by atoms with Gasteiger partial charge in [-0.05, 0) is 18.4 Å². The van der Waals surface area contributed by atoms with Crippen molar-refractivity contribution >= 4 is 17.8 Å². The van der Waals surface area contributed by atoms with Gasteiger partial charge in [0.2, 0.25) is 11.9 Å². The molecule has 2 aliphatic heterocycles. The van der Waals surface area contributed by atoms with Gasteiger partial charge in [-0.2, -0.15) is 4.98 Å². The van der Waals surface area contributed by atoms with Gasteiger partial charge < -0.3 is 20.7 Å². The Hall–Kier alpha value is -2.94. The molecule has 0 aliphatic carbocycles. The Morgan fingerprint density at radius 2 is 1.96 bits per heavy atom. The number of anilines is 1. The molecule has 1 aromatic carbocycles. The minimum Gasteiger partial charge on any atom is -0.367 e. The van der Waals surface area contributed by atoms with Gasteiger partial charge in [0.05, 0.1) is 6.04 Å². The molecule has 2 aliphatic rings. The number of aromatic amines is 1. The summed E-state index contributed by atoms with van der Waals surface area (Å²) < 4.78 is 5.64. The Kier molecular flexibility index (Phi) is 4.76. The van der Waals surface area contributed by atoms with Crippen molar-refractivity contribution in [2.75, 3.05) is 25.4 Å². The Labute approximate surface area is 156 Å². The number of H-pyrrole nitrogens is 1. The van der Waals surface area contributed by atoms with Gasteiger partial charge in [-0.25, -0.2) is 0 Å². The first kappa shape index (κ1) is 17.5. The molecular formula is C18H22N6O3. The van der Waals surface area contributed by atoms with Gasteiger partial charge in [0.1, 0.15) is 12.4 Å². The molecule has 1 aromatic heterocycles. The first-order chi connectivity index (χ1) is 13.1. The van der Waals surface area contributed by atoms with E-state index in [1.54, 1.807) is 4.90 Å². The van der Waals surface area contributed by atoms with Crippen LogP contribution in [0.5, 0.6) is 0 Å². The number of hydrogen-bond donors (Lipinski definition) is 3. The highest BCUT2D eigenvalue weighted by Crippen LogP contribution is 2.29. The molecule has 0 bridgehead atoms. The summed E-state index contributed by atoms with van der Waals surface area (Å²) in [6.45, 7) is 1.09. The van der Waals surface area contributed by atoms with Crippen molar-refractivity contribution in [3.63, 3.8) is 0 Å². The van der Waals surface area contributed by atoms with Crippen LogP contribution in [-0.4, -0.2) is 57.7 Å². The molecule has 2 fully saturated rings. The molecule has 0 saturated carbocycles. The van der Waals surface area contributed by atoms with Crippen molar-refractivity contribution in [1.29, 1.82) is 0 Å². The van der Waals surface area contributed by atoms with E-state index in [-0.39, 0.29) is 30.3 Å². The summed E-state index contributed by atoms with van der Waals surface area (Å²) >= 11 is 0. The average Bonchev–Trinajstić information content (AvgIpc) is 3.14. The Morgan fingerprint density at radius 3 is 2.63 bits per heavy atom. The third-order valence-corrected chi connectivity index (χ3v) is 5.13. The molecule has 0 spiro atoms. The largest absolute Gasteiger partial charge is 0.367 e. The zero-order valence-electron chi connectivity index (χ0n) is 14.8. The van der Waals surface area contributed by atoms with E-state index in [0.29, 0.717) is 13.1 Å². The summed E-state index contributed by atoms with van der Waals surface area (Å²) in [6, 6.07) is 8.96. The molecule has 9 heteroatoms. The number of nitrogens with one attached hydrogen (secondary N) is 2. The van der Waals surface area contributed by atoms with Crippen LogP contribution < -0.4 is 11.1 Å². The van der Waals surface area contributed by atoms with E-state index < -0.39 is 12.1 Å². The van der Waals surface area contributed by atoms with E-state index in [1.165, 1.54) is 0 Å². The molecule has 2 aromatic rings. The highest BCUT2D eigenvalue weighted by molar-refractivity contribution is 5.86. The topological polar surface area (TPSA) is 126 Å². The predicted molar refractivity (Wildman–Crippen MR) is 96.4 cm³/mol. The van der Waals surface area contributed by atoms with Crippen LogP contribution in [0.15, 0.2) is 30.3 Å². The number of hydrogen-bond acceptors (Lipinski definition) is 6. The molecule has 0 radical (unpaired) electrons. The number of ether oxygens (including phenoxy) is 1. The first-order valence-corrected chi connectivity index (χ1v) is 9.04. The van der Waals surface area contributed by atoms with Gasteiger partial charge in [0.25, 0.3) is 5.91 Å². The minimum atomic E-state index is -0.720. The summed E-state index contributed by atoms with van der Waals surface area (Å²) in [5.41, 5.74) is 6.43. The quantitative estimate of drug-likeness (QED) is 0.716. The Morgan fingerprint density at radius 1 is 1.22 bits per heavy atom. The molecular weight excluding hydrogens is 348 g/mol. The molecule has 2 amide bonds. The van der Waals surface area contributed by atoms with Crippen molar-refractivity contribution in [3.05, 3.63) is 41.7 Å². The number of aromatic nitrogens is 3. The van der Waals surface area contributed by atoms with E-state index in [9.17, 15) is 9.59 Å². The molecule has 2 atom stereocenters. The van der Waals surface area contributed by atoms with Crippen LogP contribution >= 0.6 is 0 Å². The van der Waals surface area contributed by atoms with Crippen LogP contribution in [0.25, 0.3) is 0 Å². The maximum Gasteiger partial charge on any atom is 0.254 e. The second kappa shape index (κ2) is 7.36. The van der Waals surface area contributed by atoms with E-state index in [0.717, 1.165) is 24.2 Å². The van der Waals surface area contributed by atoms with E-state index >= 15 is 0 Å². The number of amides is 2. The van der Waals surface area contributed by atoms with E-state index in [2.05, 4.69) is 20.5 Å². The molecule has 27 heavy (non-hydrogen) atoms. The average molecular weight is 370 g/mol. The highest BCUT2D eigenvalue weighted by atomic mass is 16.5. The van der Waals surface area contributed by atoms with Crippen molar-refractivity contribution in [3.8, 4) is 0 Å². The second-order valence-electron chi connectivity index (χ2n) is 6.87. The number of piperidine rings is 1. The number of morpholine rings is 1. The van der Waals surface area contributed by atoms with E-state index in [1.807, 2.05) is 30.3 Å². The minimum absolute atomic E-state index is 0.0978. The lowest BCUT2D eigenvalue weighted by Crippen LogP contribution is -2.54. The van der Waals surface area contributed by atoms with Gasteiger partial charge in [-0.15, -0.1) is 5.10 Å². The lowest BCUT2D eigenvalue weighted by molar-refractivity contribution is -0.156. The number of carbonyl (C=O) groups excluding carboxylic acids is 2. The molecule has 4 N–H and O–H groups in total. The number of rotatable bonds is 3. The van der Waals surface area contributed by atoms with Gasteiger partial charge in [-0.3, -0.25) is 14.7 Å². The van der Waals surface area contributed by atoms with Crippen LogP contribution in [-0.2, 0) is 14.3 Å². The smallest absolute Gasteiger partial charge is 0.254 e. The SMILES string of the molecule is Nc1n[nH]c(C2CCN(C(=O)C3OCC(=O)NC3c3ccccc3)CC2)n1. The van der Waals surface area contributed by atoms with Crippen LogP contribution in [0, 0.1) is 0 Å².